The van der Waals surface area contributed by atoms with Crippen molar-refractivity contribution in [2.24, 2.45) is 0 Å². The molecule has 0 aliphatic carbocycles. The van der Waals surface area contributed by atoms with Crippen LogP contribution in [0.3, 0.4) is 0 Å². The minimum Gasteiger partial charge on any atom is -0.490 e. The summed E-state index contributed by atoms with van der Waals surface area (Å²) in [6.07, 6.45) is 0.798. The van der Waals surface area contributed by atoms with Gasteiger partial charge in [0.1, 0.15) is 12.9 Å². The number of carbonyl (C=O) groups is 1. The van der Waals surface area contributed by atoms with Crippen molar-refractivity contribution in [3.8, 4) is 11.5 Å². The molecule has 0 fully saturated rings. The summed E-state index contributed by atoms with van der Waals surface area (Å²) in [5, 5.41) is 0. The Labute approximate surface area is 132 Å². The van der Waals surface area contributed by atoms with Crippen molar-refractivity contribution in [3.05, 3.63) is 57.2 Å². The number of carbonyl (C=O) groups excluding carboxylic acids is 1. The first-order valence-corrected chi connectivity index (χ1v) is 7.40. The first kappa shape index (κ1) is 14.8. The van der Waals surface area contributed by atoms with Crippen LogP contribution in [0.4, 0.5) is 0 Å². The van der Waals surface area contributed by atoms with E-state index in [1.54, 1.807) is 18.2 Å². The zero-order valence-electron chi connectivity index (χ0n) is 11.1. The van der Waals surface area contributed by atoms with Crippen molar-refractivity contribution in [2.45, 2.75) is 13.5 Å². The minimum atomic E-state index is 0.472. The molecule has 0 saturated carbocycles. The van der Waals surface area contributed by atoms with Crippen molar-refractivity contribution in [2.75, 3.05) is 6.61 Å². The van der Waals surface area contributed by atoms with Crippen LogP contribution in [-0.4, -0.2) is 12.9 Å². The zero-order chi connectivity index (χ0) is 14.4. The van der Waals surface area contributed by atoms with E-state index in [9.17, 15) is 4.79 Å². The highest BCUT2D eigenvalue weighted by atomic mass is 127. The molecule has 0 amide bonds. The van der Waals surface area contributed by atoms with Gasteiger partial charge in [0, 0.05) is 14.7 Å². The van der Waals surface area contributed by atoms with Crippen LogP contribution in [0.25, 0.3) is 0 Å². The lowest BCUT2D eigenvalue weighted by molar-refractivity contribution is 0.112. The Bertz CT molecular complexity index is 596. The molecule has 0 aromatic heterocycles. The Morgan fingerprint density at radius 2 is 1.90 bits per heavy atom. The molecule has 0 aliphatic heterocycles. The van der Waals surface area contributed by atoms with Gasteiger partial charge in [0.25, 0.3) is 0 Å². The van der Waals surface area contributed by atoms with E-state index in [0.29, 0.717) is 30.3 Å². The van der Waals surface area contributed by atoms with Gasteiger partial charge in [-0.05, 0) is 53.8 Å². The Kier molecular flexibility index (Phi) is 5.40. The number of halogens is 1. The van der Waals surface area contributed by atoms with E-state index in [-0.39, 0.29) is 0 Å². The van der Waals surface area contributed by atoms with Gasteiger partial charge in [-0.25, -0.2) is 0 Å². The summed E-state index contributed by atoms with van der Waals surface area (Å²) in [7, 11) is 0. The van der Waals surface area contributed by atoms with E-state index < -0.39 is 0 Å². The molecule has 0 aliphatic rings. The highest BCUT2D eigenvalue weighted by Crippen LogP contribution is 2.29. The summed E-state index contributed by atoms with van der Waals surface area (Å²) in [5.74, 6) is 1.25. The number of benzene rings is 2. The predicted molar refractivity (Wildman–Crippen MR) is 86.5 cm³/mol. The molecular formula is C16H15IO3. The Morgan fingerprint density at radius 3 is 2.60 bits per heavy atom. The van der Waals surface area contributed by atoms with Crippen molar-refractivity contribution in [3.63, 3.8) is 0 Å². The molecule has 3 nitrogen and oxygen atoms in total. The summed E-state index contributed by atoms with van der Waals surface area (Å²) in [4.78, 5) is 10.8. The van der Waals surface area contributed by atoms with E-state index in [4.69, 9.17) is 9.47 Å². The molecule has 2 aromatic carbocycles. The second kappa shape index (κ2) is 7.28. The third-order valence-electron chi connectivity index (χ3n) is 2.74. The molecule has 0 radical (unpaired) electrons. The Hall–Kier alpha value is -1.56. The highest BCUT2D eigenvalue weighted by molar-refractivity contribution is 14.1. The fourth-order valence-corrected chi connectivity index (χ4v) is 2.30. The SMILES string of the molecule is CCOc1cc(C=O)ccc1OCc1ccccc1I. The smallest absolute Gasteiger partial charge is 0.161 e. The molecule has 2 aromatic rings. The molecule has 0 spiro atoms. The molecule has 0 atom stereocenters. The van der Waals surface area contributed by atoms with Crippen LogP contribution in [0.2, 0.25) is 0 Å². The lowest BCUT2D eigenvalue weighted by Crippen LogP contribution is -2.01. The van der Waals surface area contributed by atoms with Crippen LogP contribution in [0, 0.1) is 3.57 Å². The van der Waals surface area contributed by atoms with Crippen LogP contribution in [0.1, 0.15) is 22.8 Å². The third-order valence-corrected chi connectivity index (χ3v) is 3.80. The molecular weight excluding hydrogens is 367 g/mol. The van der Waals surface area contributed by atoms with Gasteiger partial charge in [0.15, 0.2) is 11.5 Å². The molecule has 0 unspecified atom stereocenters. The van der Waals surface area contributed by atoms with E-state index in [1.807, 2.05) is 31.2 Å². The average molecular weight is 382 g/mol. The van der Waals surface area contributed by atoms with Gasteiger partial charge in [-0.1, -0.05) is 18.2 Å². The third kappa shape index (κ3) is 3.72. The second-order valence-corrected chi connectivity index (χ2v) is 5.30. The van der Waals surface area contributed by atoms with Crippen LogP contribution in [0.5, 0.6) is 11.5 Å². The predicted octanol–water partition coefficient (Wildman–Crippen LogP) is 4.08. The Morgan fingerprint density at radius 1 is 1.10 bits per heavy atom. The molecule has 2 rings (SSSR count). The maximum atomic E-state index is 10.8. The molecule has 0 heterocycles. The van der Waals surface area contributed by atoms with Crippen molar-refractivity contribution in [1.29, 1.82) is 0 Å². The largest absolute Gasteiger partial charge is 0.490 e. The van der Waals surface area contributed by atoms with Crippen LogP contribution in [-0.2, 0) is 6.61 Å². The average Bonchev–Trinajstić information content (AvgIpc) is 2.47. The summed E-state index contributed by atoms with van der Waals surface area (Å²) in [6, 6.07) is 13.2. The number of hydrogen-bond donors (Lipinski definition) is 0. The standard InChI is InChI=1S/C16H15IO3/c1-2-19-16-9-12(10-18)7-8-15(16)20-11-13-5-3-4-6-14(13)17/h3-10H,2,11H2,1H3. The topological polar surface area (TPSA) is 35.5 Å². The quantitative estimate of drug-likeness (QED) is 0.558. The molecule has 104 valence electrons. The van der Waals surface area contributed by atoms with Crippen LogP contribution in [0.15, 0.2) is 42.5 Å². The fraction of sp³-hybridized carbons (Fsp3) is 0.188. The summed E-state index contributed by atoms with van der Waals surface area (Å²) in [5.41, 5.74) is 1.70. The zero-order valence-corrected chi connectivity index (χ0v) is 13.3. The highest BCUT2D eigenvalue weighted by Gasteiger charge is 2.07. The molecule has 0 N–H and O–H groups in total. The van der Waals surface area contributed by atoms with Crippen LogP contribution < -0.4 is 9.47 Å². The van der Waals surface area contributed by atoms with Gasteiger partial charge in [-0.15, -0.1) is 0 Å². The van der Waals surface area contributed by atoms with Gasteiger partial charge in [0.2, 0.25) is 0 Å². The van der Waals surface area contributed by atoms with E-state index in [1.165, 1.54) is 0 Å². The lowest BCUT2D eigenvalue weighted by Gasteiger charge is -2.13. The lowest BCUT2D eigenvalue weighted by atomic mass is 10.2. The first-order chi connectivity index (χ1) is 9.74. The summed E-state index contributed by atoms with van der Waals surface area (Å²) in [6.45, 7) is 2.90. The number of hydrogen-bond acceptors (Lipinski definition) is 3. The van der Waals surface area contributed by atoms with Gasteiger partial charge in [-0.3, -0.25) is 4.79 Å². The van der Waals surface area contributed by atoms with E-state index in [2.05, 4.69) is 22.6 Å². The van der Waals surface area contributed by atoms with Crippen molar-refractivity contribution < 1.29 is 14.3 Å². The normalized spacial score (nSPS) is 10.1. The summed E-state index contributed by atoms with van der Waals surface area (Å²) < 4.78 is 12.5. The number of rotatable bonds is 6. The maximum absolute atomic E-state index is 10.8. The van der Waals surface area contributed by atoms with Crippen molar-refractivity contribution >= 4 is 28.9 Å². The number of ether oxygens (including phenoxy) is 2. The molecule has 0 bridgehead atoms. The first-order valence-electron chi connectivity index (χ1n) is 6.33. The van der Waals surface area contributed by atoms with Crippen LogP contribution >= 0.6 is 22.6 Å². The second-order valence-electron chi connectivity index (χ2n) is 4.14. The van der Waals surface area contributed by atoms with Crippen molar-refractivity contribution in [1.82, 2.24) is 0 Å². The maximum Gasteiger partial charge on any atom is 0.161 e. The molecule has 4 heteroatoms. The van der Waals surface area contributed by atoms with E-state index >= 15 is 0 Å². The fourth-order valence-electron chi connectivity index (χ4n) is 1.76. The van der Waals surface area contributed by atoms with Gasteiger partial charge in [0.05, 0.1) is 6.61 Å². The van der Waals surface area contributed by atoms with E-state index in [0.717, 1.165) is 15.4 Å². The monoisotopic (exact) mass is 382 g/mol. The molecule has 20 heavy (non-hydrogen) atoms. The minimum absolute atomic E-state index is 0.472. The summed E-state index contributed by atoms with van der Waals surface area (Å²) >= 11 is 2.28. The number of aldehydes is 1. The Balaban J connectivity index is 2.16. The molecule has 0 saturated heterocycles. The van der Waals surface area contributed by atoms with Gasteiger partial charge >= 0.3 is 0 Å². The van der Waals surface area contributed by atoms with Gasteiger partial charge in [-0.2, -0.15) is 0 Å². The van der Waals surface area contributed by atoms with Gasteiger partial charge < -0.3 is 9.47 Å².